The predicted molar refractivity (Wildman–Crippen MR) is 86.1 cm³/mol. The molecule has 104 valence electrons. The SMILES string of the molecule is CN1C=CN2c3cccc4c3CCC(c3ccccc3-4)C12. The van der Waals surface area contributed by atoms with E-state index >= 15 is 0 Å². The molecule has 2 aliphatic heterocycles. The number of benzene rings is 2. The molecule has 5 rings (SSSR count). The van der Waals surface area contributed by atoms with Crippen LogP contribution < -0.4 is 4.90 Å². The molecule has 2 unspecified atom stereocenters. The fourth-order valence-electron chi connectivity index (χ4n) is 4.41. The molecule has 0 saturated carbocycles. The summed E-state index contributed by atoms with van der Waals surface area (Å²) in [7, 11) is 2.20. The molecule has 0 aromatic heterocycles. The average Bonchev–Trinajstić information content (AvgIpc) is 2.72. The lowest BCUT2D eigenvalue weighted by Crippen LogP contribution is -2.41. The first kappa shape index (κ1) is 11.4. The van der Waals surface area contributed by atoms with Crippen molar-refractivity contribution in [3.05, 3.63) is 66.0 Å². The van der Waals surface area contributed by atoms with E-state index < -0.39 is 0 Å². The van der Waals surface area contributed by atoms with E-state index in [9.17, 15) is 0 Å². The zero-order valence-corrected chi connectivity index (χ0v) is 12.2. The Hall–Kier alpha value is -2.22. The quantitative estimate of drug-likeness (QED) is 0.718. The third kappa shape index (κ3) is 1.37. The van der Waals surface area contributed by atoms with Crippen molar-refractivity contribution in [2.75, 3.05) is 11.9 Å². The molecule has 1 aliphatic carbocycles. The lowest BCUT2D eigenvalue weighted by molar-refractivity contribution is 0.303. The standard InChI is InChI=1S/C19H18N2/c1-20-11-12-21-18-8-4-7-14-13-5-2-3-6-15(13)17(19(20)21)10-9-16(14)18/h2-8,11-12,17,19H,9-10H2,1H3. The monoisotopic (exact) mass is 274 g/mol. The molecule has 21 heavy (non-hydrogen) atoms. The summed E-state index contributed by atoms with van der Waals surface area (Å²) in [5, 5.41) is 0. The van der Waals surface area contributed by atoms with Gasteiger partial charge in [0.25, 0.3) is 0 Å². The largest absolute Gasteiger partial charge is 0.358 e. The van der Waals surface area contributed by atoms with Crippen LogP contribution in [-0.4, -0.2) is 18.1 Å². The second-order valence-corrected chi connectivity index (χ2v) is 6.32. The van der Waals surface area contributed by atoms with Gasteiger partial charge in [-0.3, -0.25) is 0 Å². The van der Waals surface area contributed by atoms with Gasteiger partial charge in [-0.1, -0.05) is 36.4 Å². The van der Waals surface area contributed by atoms with Crippen LogP contribution in [0, 0.1) is 0 Å². The molecule has 2 atom stereocenters. The Balaban J connectivity index is 1.90. The molecule has 0 amide bonds. The lowest BCUT2D eigenvalue weighted by atomic mass is 9.87. The molecule has 2 aromatic rings. The molecule has 0 fully saturated rings. The van der Waals surface area contributed by atoms with E-state index in [0.29, 0.717) is 12.1 Å². The second-order valence-electron chi connectivity index (χ2n) is 6.32. The van der Waals surface area contributed by atoms with Gasteiger partial charge in [0, 0.05) is 31.1 Å². The third-order valence-electron chi connectivity index (χ3n) is 5.31. The Morgan fingerprint density at radius 2 is 1.81 bits per heavy atom. The van der Waals surface area contributed by atoms with Gasteiger partial charge < -0.3 is 9.80 Å². The van der Waals surface area contributed by atoms with Crippen molar-refractivity contribution in [1.29, 1.82) is 0 Å². The minimum absolute atomic E-state index is 0.419. The van der Waals surface area contributed by atoms with E-state index in [4.69, 9.17) is 0 Å². The van der Waals surface area contributed by atoms with Gasteiger partial charge in [-0.2, -0.15) is 0 Å². The highest BCUT2D eigenvalue weighted by molar-refractivity contribution is 5.80. The first-order chi connectivity index (χ1) is 10.3. The zero-order valence-electron chi connectivity index (χ0n) is 12.2. The van der Waals surface area contributed by atoms with Gasteiger partial charge in [-0.05, 0) is 41.2 Å². The molecule has 3 aliphatic rings. The van der Waals surface area contributed by atoms with Gasteiger partial charge in [0.1, 0.15) is 6.17 Å². The third-order valence-corrected chi connectivity index (χ3v) is 5.31. The van der Waals surface area contributed by atoms with Crippen molar-refractivity contribution in [1.82, 2.24) is 4.90 Å². The molecule has 2 aromatic carbocycles. The van der Waals surface area contributed by atoms with E-state index in [1.807, 2.05) is 0 Å². The van der Waals surface area contributed by atoms with Crippen LogP contribution in [0.3, 0.4) is 0 Å². The number of anilines is 1. The highest BCUT2D eigenvalue weighted by Crippen LogP contribution is 2.49. The van der Waals surface area contributed by atoms with Crippen molar-refractivity contribution >= 4 is 5.69 Å². The van der Waals surface area contributed by atoms with Gasteiger partial charge in [-0.15, -0.1) is 0 Å². The Kier molecular flexibility index (Phi) is 2.13. The molecule has 0 radical (unpaired) electrons. The maximum atomic E-state index is 2.48. The first-order valence-corrected chi connectivity index (χ1v) is 7.74. The van der Waals surface area contributed by atoms with Gasteiger partial charge in [0.15, 0.2) is 0 Å². The van der Waals surface area contributed by atoms with Crippen LogP contribution in [0.1, 0.15) is 23.5 Å². The van der Waals surface area contributed by atoms with Crippen LogP contribution in [0.25, 0.3) is 11.1 Å². The smallest absolute Gasteiger partial charge is 0.112 e. The number of nitrogens with zero attached hydrogens (tertiary/aromatic N) is 2. The summed E-state index contributed by atoms with van der Waals surface area (Å²) >= 11 is 0. The van der Waals surface area contributed by atoms with E-state index in [1.165, 1.54) is 40.8 Å². The van der Waals surface area contributed by atoms with Gasteiger partial charge in [0.05, 0.1) is 0 Å². The molecule has 0 spiro atoms. The first-order valence-electron chi connectivity index (χ1n) is 7.74. The van der Waals surface area contributed by atoms with Crippen molar-refractivity contribution < 1.29 is 0 Å². The van der Waals surface area contributed by atoms with Crippen LogP contribution in [0.2, 0.25) is 0 Å². The molecule has 2 heterocycles. The molecular formula is C19H18N2. The summed E-state index contributed by atoms with van der Waals surface area (Å²) in [5.41, 5.74) is 7.31. The second kappa shape index (κ2) is 3.91. The number of hydrogen-bond donors (Lipinski definition) is 0. The van der Waals surface area contributed by atoms with Gasteiger partial charge in [-0.25, -0.2) is 0 Å². The van der Waals surface area contributed by atoms with E-state index in [2.05, 4.69) is 71.7 Å². The summed E-state index contributed by atoms with van der Waals surface area (Å²) in [6.45, 7) is 0. The van der Waals surface area contributed by atoms with Crippen LogP contribution in [-0.2, 0) is 6.42 Å². The number of hydrogen-bond acceptors (Lipinski definition) is 2. The Labute approximate surface area is 125 Å². The van der Waals surface area contributed by atoms with Crippen molar-refractivity contribution in [3.63, 3.8) is 0 Å². The maximum absolute atomic E-state index is 2.48. The molecule has 2 heteroatoms. The van der Waals surface area contributed by atoms with Crippen LogP contribution in [0.4, 0.5) is 5.69 Å². The van der Waals surface area contributed by atoms with Crippen molar-refractivity contribution in [3.8, 4) is 11.1 Å². The number of rotatable bonds is 0. The highest BCUT2D eigenvalue weighted by Gasteiger charge is 2.40. The molecule has 0 saturated heterocycles. The molecule has 0 N–H and O–H groups in total. The van der Waals surface area contributed by atoms with Crippen molar-refractivity contribution in [2.45, 2.75) is 24.9 Å². The Bertz CT molecular complexity index is 762. The highest BCUT2D eigenvalue weighted by atomic mass is 15.4. The summed E-state index contributed by atoms with van der Waals surface area (Å²) < 4.78 is 0. The lowest BCUT2D eigenvalue weighted by Gasteiger charge is -2.37. The zero-order chi connectivity index (χ0) is 14.0. The molecule has 2 bridgehead atoms. The summed E-state index contributed by atoms with van der Waals surface area (Å²) in [4.78, 5) is 4.85. The fraction of sp³-hybridized carbons (Fsp3) is 0.263. The maximum Gasteiger partial charge on any atom is 0.112 e. The van der Waals surface area contributed by atoms with E-state index in [1.54, 1.807) is 0 Å². The Morgan fingerprint density at radius 3 is 2.76 bits per heavy atom. The van der Waals surface area contributed by atoms with Gasteiger partial charge in [0.2, 0.25) is 0 Å². The van der Waals surface area contributed by atoms with Crippen molar-refractivity contribution in [2.24, 2.45) is 0 Å². The predicted octanol–water partition coefficient (Wildman–Crippen LogP) is 3.95. The van der Waals surface area contributed by atoms with Gasteiger partial charge >= 0.3 is 0 Å². The normalized spacial score (nSPS) is 24.6. The van der Waals surface area contributed by atoms with Crippen LogP contribution in [0.15, 0.2) is 54.9 Å². The van der Waals surface area contributed by atoms with Crippen LogP contribution in [0.5, 0.6) is 0 Å². The summed E-state index contributed by atoms with van der Waals surface area (Å²) in [5.74, 6) is 0.561. The molecule has 2 nitrogen and oxygen atoms in total. The number of fused-ring (bicyclic) bond motifs is 8. The van der Waals surface area contributed by atoms with Crippen LogP contribution >= 0.6 is 0 Å². The average molecular weight is 274 g/mol. The minimum atomic E-state index is 0.419. The van der Waals surface area contributed by atoms with E-state index in [0.717, 1.165) is 0 Å². The minimum Gasteiger partial charge on any atom is -0.358 e. The Morgan fingerprint density at radius 1 is 0.952 bits per heavy atom. The fourth-order valence-corrected chi connectivity index (χ4v) is 4.41. The topological polar surface area (TPSA) is 6.48 Å². The number of likely N-dealkylation sites (N-methyl/N-ethyl adjacent to an activating group) is 1. The summed E-state index contributed by atoms with van der Waals surface area (Å²) in [6.07, 6.45) is 7.30. The molecular weight excluding hydrogens is 256 g/mol. The van der Waals surface area contributed by atoms with E-state index in [-0.39, 0.29) is 0 Å². The summed E-state index contributed by atoms with van der Waals surface area (Å²) in [6, 6.07) is 15.8.